The minimum Gasteiger partial charge on any atom is -0.310 e. The van der Waals surface area contributed by atoms with Gasteiger partial charge < -0.3 is 9.47 Å². The van der Waals surface area contributed by atoms with Crippen molar-refractivity contribution in [3.05, 3.63) is 204 Å². The van der Waals surface area contributed by atoms with E-state index >= 15 is 0 Å². The summed E-state index contributed by atoms with van der Waals surface area (Å²) >= 11 is 0. The number of benzene rings is 8. The van der Waals surface area contributed by atoms with E-state index in [9.17, 15) is 0 Å². The lowest BCUT2D eigenvalue weighted by Crippen LogP contribution is -2.21. The Bertz CT molecular complexity index is 3030. The fourth-order valence-corrected chi connectivity index (χ4v) is 10.2. The van der Waals surface area contributed by atoms with Gasteiger partial charge in [0, 0.05) is 44.1 Å². The summed E-state index contributed by atoms with van der Waals surface area (Å²) in [5.74, 6) is 0. The molecule has 0 bridgehead atoms. The smallest absolute Gasteiger partial charge is 0.0619 e. The number of aromatic nitrogens is 1. The van der Waals surface area contributed by atoms with Gasteiger partial charge in [0.15, 0.2) is 0 Å². The predicted octanol–water partition coefficient (Wildman–Crippen LogP) is 14.5. The molecule has 2 aliphatic rings. The molecule has 0 amide bonds. The van der Waals surface area contributed by atoms with Crippen LogP contribution in [0.3, 0.4) is 0 Å². The number of rotatable bonds is 5. The van der Waals surface area contributed by atoms with Crippen molar-refractivity contribution in [2.24, 2.45) is 0 Å². The maximum atomic E-state index is 2.57. The zero-order valence-electron chi connectivity index (χ0n) is 32.2. The van der Waals surface area contributed by atoms with E-state index in [-0.39, 0.29) is 10.8 Å². The van der Waals surface area contributed by atoms with Crippen LogP contribution < -0.4 is 4.90 Å². The number of nitrogens with zero attached hydrogens (tertiary/aromatic N) is 2. The quantitative estimate of drug-likeness (QED) is 0.172. The van der Waals surface area contributed by atoms with Crippen LogP contribution in [0.25, 0.3) is 60.9 Å². The highest BCUT2D eigenvalue weighted by Crippen LogP contribution is 2.58. The lowest BCUT2D eigenvalue weighted by Gasteiger charge is -2.34. The molecule has 1 heterocycles. The van der Waals surface area contributed by atoms with Crippen LogP contribution in [0.5, 0.6) is 0 Å². The van der Waals surface area contributed by atoms with Crippen molar-refractivity contribution in [2.75, 3.05) is 4.90 Å². The third-order valence-corrected chi connectivity index (χ3v) is 12.7. The Kier molecular flexibility index (Phi) is 6.98. The third kappa shape index (κ3) is 4.50. The topological polar surface area (TPSA) is 8.17 Å². The molecule has 0 unspecified atom stereocenters. The molecule has 2 nitrogen and oxygen atoms in total. The van der Waals surface area contributed by atoms with E-state index in [0.717, 1.165) is 11.4 Å². The monoisotopic (exact) mass is 718 g/mol. The molecular weight excluding hydrogens is 677 g/mol. The van der Waals surface area contributed by atoms with Crippen molar-refractivity contribution in [3.8, 4) is 39.1 Å². The van der Waals surface area contributed by atoms with Crippen molar-refractivity contribution in [1.82, 2.24) is 4.57 Å². The van der Waals surface area contributed by atoms with E-state index in [2.05, 4.69) is 219 Å². The Morgan fingerprint density at radius 1 is 0.429 bits per heavy atom. The van der Waals surface area contributed by atoms with Gasteiger partial charge in [-0.15, -0.1) is 0 Å². The van der Waals surface area contributed by atoms with Crippen LogP contribution in [0.1, 0.15) is 49.9 Å². The molecule has 0 saturated carbocycles. The minimum atomic E-state index is -0.199. The van der Waals surface area contributed by atoms with Gasteiger partial charge >= 0.3 is 0 Å². The summed E-state index contributed by atoms with van der Waals surface area (Å²) in [7, 11) is 0. The molecule has 1 aromatic heterocycles. The van der Waals surface area contributed by atoms with Gasteiger partial charge in [0.25, 0.3) is 0 Å². The number of para-hydroxylation sites is 3. The van der Waals surface area contributed by atoms with E-state index < -0.39 is 0 Å². The summed E-state index contributed by atoms with van der Waals surface area (Å²) < 4.78 is 2.44. The number of anilines is 3. The lowest BCUT2D eigenvalue weighted by atomic mass is 9.81. The Morgan fingerprint density at radius 3 is 1.86 bits per heavy atom. The molecule has 11 rings (SSSR count). The van der Waals surface area contributed by atoms with Crippen LogP contribution in [0.4, 0.5) is 17.1 Å². The second-order valence-corrected chi connectivity index (χ2v) is 16.5. The molecule has 0 radical (unpaired) electrons. The molecule has 268 valence electrons. The number of hydrogen-bond donors (Lipinski definition) is 0. The Balaban J connectivity index is 1.20. The zero-order valence-corrected chi connectivity index (χ0v) is 32.2. The first-order valence-corrected chi connectivity index (χ1v) is 19.8. The van der Waals surface area contributed by atoms with E-state index in [1.165, 1.54) is 88.8 Å². The summed E-state index contributed by atoms with van der Waals surface area (Å²) in [5, 5.41) is 2.51. The number of hydrogen-bond acceptors (Lipinski definition) is 1. The van der Waals surface area contributed by atoms with Crippen molar-refractivity contribution in [1.29, 1.82) is 0 Å². The van der Waals surface area contributed by atoms with Crippen molar-refractivity contribution in [2.45, 2.75) is 38.5 Å². The van der Waals surface area contributed by atoms with Gasteiger partial charge in [-0.05, 0) is 87.0 Å². The number of fused-ring (bicyclic) bond motifs is 9. The second-order valence-electron chi connectivity index (χ2n) is 16.5. The SMILES string of the molecule is CC1(C)c2ccccc2-c2c(N(c3cccc(-c4cccc5c6ccccc6n(-c6ccccc6)c45)c3)c3cccc4c3C(C)(C)c3ccccc3-4)cccc21. The van der Waals surface area contributed by atoms with E-state index in [1.807, 2.05) is 0 Å². The van der Waals surface area contributed by atoms with Crippen molar-refractivity contribution < 1.29 is 0 Å². The van der Waals surface area contributed by atoms with Gasteiger partial charge in [-0.25, -0.2) is 0 Å². The Labute approximate surface area is 328 Å². The van der Waals surface area contributed by atoms with Crippen LogP contribution >= 0.6 is 0 Å². The van der Waals surface area contributed by atoms with Crippen molar-refractivity contribution >= 4 is 38.9 Å². The largest absolute Gasteiger partial charge is 0.310 e. The second kappa shape index (κ2) is 11.9. The summed E-state index contributed by atoms with van der Waals surface area (Å²) in [6.45, 7) is 9.54. The molecular formula is C54H42N2. The summed E-state index contributed by atoms with van der Waals surface area (Å²) in [6.07, 6.45) is 0. The molecule has 0 fully saturated rings. The first-order valence-electron chi connectivity index (χ1n) is 19.8. The molecule has 0 atom stereocenters. The molecule has 0 spiro atoms. The molecule has 0 N–H and O–H groups in total. The van der Waals surface area contributed by atoms with Crippen LogP contribution in [-0.2, 0) is 10.8 Å². The Morgan fingerprint density at radius 2 is 1.02 bits per heavy atom. The maximum absolute atomic E-state index is 2.57. The summed E-state index contributed by atoms with van der Waals surface area (Å²) in [4.78, 5) is 2.57. The van der Waals surface area contributed by atoms with Crippen LogP contribution in [0.2, 0.25) is 0 Å². The van der Waals surface area contributed by atoms with Gasteiger partial charge in [-0.2, -0.15) is 0 Å². The summed E-state index contributed by atoms with van der Waals surface area (Å²) in [5.41, 5.74) is 20.0. The molecule has 9 aromatic rings. The molecule has 8 aromatic carbocycles. The zero-order chi connectivity index (χ0) is 37.8. The lowest BCUT2D eigenvalue weighted by molar-refractivity contribution is 0.659. The van der Waals surface area contributed by atoms with Crippen molar-refractivity contribution in [3.63, 3.8) is 0 Å². The van der Waals surface area contributed by atoms with E-state index in [4.69, 9.17) is 0 Å². The van der Waals surface area contributed by atoms with Gasteiger partial charge in [0.1, 0.15) is 0 Å². The highest BCUT2D eigenvalue weighted by molar-refractivity contribution is 6.14. The van der Waals surface area contributed by atoms with E-state index in [0.29, 0.717) is 0 Å². The molecule has 0 aliphatic heterocycles. The average Bonchev–Trinajstić information content (AvgIpc) is 3.79. The van der Waals surface area contributed by atoms with Gasteiger partial charge in [0.05, 0.1) is 22.4 Å². The van der Waals surface area contributed by atoms with Crippen LogP contribution in [0, 0.1) is 0 Å². The fraction of sp³-hybridized carbons (Fsp3) is 0.111. The molecule has 2 heteroatoms. The summed E-state index contributed by atoms with van der Waals surface area (Å²) in [6, 6.07) is 67.5. The fourth-order valence-electron chi connectivity index (χ4n) is 10.2. The van der Waals surface area contributed by atoms with Gasteiger partial charge in [-0.3, -0.25) is 0 Å². The highest BCUT2D eigenvalue weighted by atomic mass is 15.2. The molecule has 56 heavy (non-hydrogen) atoms. The highest BCUT2D eigenvalue weighted by Gasteiger charge is 2.41. The van der Waals surface area contributed by atoms with E-state index in [1.54, 1.807) is 0 Å². The maximum Gasteiger partial charge on any atom is 0.0619 e. The van der Waals surface area contributed by atoms with Crippen LogP contribution in [-0.4, -0.2) is 4.57 Å². The average molecular weight is 719 g/mol. The normalized spacial score (nSPS) is 14.4. The first-order chi connectivity index (χ1) is 27.3. The molecule has 0 saturated heterocycles. The standard InChI is InChI=1S/C54H42N2/c1-53(2)45-29-12-9-24-43(45)50-46(53)30-17-32-48(50)55(49-33-16-26-41-39-22-8-11-28-44(39)54(3,4)51(41)49)37-21-14-18-35(34-37)38-25-15-27-42-40-23-10-13-31-47(40)56(52(38)42)36-19-6-5-7-20-36/h5-34H,1-4H3. The Hall–Kier alpha value is -6.64. The van der Waals surface area contributed by atoms with Gasteiger partial charge in [-0.1, -0.05) is 167 Å². The van der Waals surface area contributed by atoms with Gasteiger partial charge in [0.2, 0.25) is 0 Å². The third-order valence-electron chi connectivity index (χ3n) is 12.7. The minimum absolute atomic E-state index is 0.121. The van der Waals surface area contributed by atoms with Crippen LogP contribution in [0.15, 0.2) is 182 Å². The predicted molar refractivity (Wildman–Crippen MR) is 236 cm³/mol. The molecule has 2 aliphatic carbocycles. The first kappa shape index (κ1) is 32.8.